The van der Waals surface area contributed by atoms with E-state index in [-0.39, 0.29) is 5.78 Å². The molecule has 1 fully saturated rings. The van der Waals surface area contributed by atoms with Crippen LogP contribution in [-0.2, 0) is 0 Å². The monoisotopic (exact) mass is 231 g/mol. The minimum atomic E-state index is 0.252. The molecule has 1 atom stereocenters. The Bertz CT molecular complexity index is 360. The summed E-state index contributed by atoms with van der Waals surface area (Å²) in [4.78, 5) is 14.4. The summed E-state index contributed by atoms with van der Waals surface area (Å²) in [7, 11) is 0. The van der Waals surface area contributed by atoms with Gasteiger partial charge in [0.05, 0.1) is 6.54 Å². The van der Waals surface area contributed by atoms with Gasteiger partial charge in [0.1, 0.15) is 0 Å². The van der Waals surface area contributed by atoms with Gasteiger partial charge in [-0.1, -0.05) is 43.7 Å². The van der Waals surface area contributed by atoms with Crippen LogP contribution in [0.4, 0.5) is 0 Å². The first kappa shape index (κ1) is 12.3. The molecule has 0 saturated carbocycles. The Morgan fingerprint density at radius 1 is 1.35 bits per heavy atom. The normalized spacial score (nSPS) is 21.4. The molecule has 17 heavy (non-hydrogen) atoms. The maximum absolute atomic E-state index is 12.1. The van der Waals surface area contributed by atoms with Gasteiger partial charge in [-0.3, -0.25) is 9.69 Å². The number of Topliss-reactive ketones (excluding diaryl/α,β-unsaturated/α-hetero) is 1. The standard InChI is InChI=1S/C15H21NO/c1-2-13-7-6-10-16(11-13)12-15(17)14-8-4-3-5-9-14/h3-5,8-9,13H,2,6-7,10-12H2,1H3. The second-order valence-electron chi connectivity index (χ2n) is 4.94. The van der Waals surface area contributed by atoms with Crippen LogP contribution >= 0.6 is 0 Å². The third kappa shape index (κ3) is 3.40. The molecule has 1 aromatic rings. The van der Waals surface area contributed by atoms with Crippen molar-refractivity contribution in [1.29, 1.82) is 0 Å². The number of likely N-dealkylation sites (tertiary alicyclic amines) is 1. The molecule has 1 aliphatic rings. The zero-order valence-electron chi connectivity index (χ0n) is 10.6. The topological polar surface area (TPSA) is 20.3 Å². The van der Waals surface area contributed by atoms with E-state index in [0.717, 1.165) is 24.6 Å². The van der Waals surface area contributed by atoms with Crippen LogP contribution < -0.4 is 0 Å². The second-order valence-corrected chi connectivity index (χ2v) is 4.94. The summed E-state index contributed by atoms with van der Waals surface area (Å²) in [5, 5.41) is 0. The lowest BCUT2D eigenvalue weighted by Gasteiger charge is -2.31. The lowest BCUT2D eigenvalue weighted by atomic mass is 9.95. The summed E-state index contributed by atoms with van der Waals surface area (Å²) >= 11 is 0. The number of carbonyl (C=O) groups is 1. The molecule has 2 rings (SSSR count). The number of ketones is 1. The van der Waals surface area contributed by atoms with Crippen molar-refractivity contribution in [2.45, 2.75) is 26.2 Å². The molecule has 92 valence electrons. The number of hydrogen-bond acceptors (Lipinski definition) is 2. The summed E-state index contributed by atoms with van der Waals surface area (Å²) < 4.78 is 0. The van der Waals surface area contributed by atoms with Crippen LogP contribution in [0, 0.1) is 5.92 Å². The molecule has 0 aliphatic carbocycles. The number of rotatable bonds is 4. The molecule has 0 radical (unpaired) electrons. The molecular weight excluding hydrogens is 210 g/mol. The molecule has 0 aromatic heterocycles. The van der Waals surface area contributed by atoms with Crippen LogP contribution in [0.15, 0.2) is 30.3 Å². The molecular formula is C15H21NO. The molecule has 2 heteroatoms. The van der Waals surface area contributed by atoms with Gasteiger partial charge in [-0.25, -0.2) is 0 Å². The summed E-state index contributed by atoms with van der Waals surface area (Å²) in [6.07, 6.45) is 3.79. The lowest BCUT2D eigenvalue weighted by molar-refractivity contribution is 0.0884. The molecule has 2 nitrogen and oxygen atoms in total. The third-order valence-corrected chi connectivity index (χ3v) is 3.64. The highest BCUT2D eigenvalue weighted by Gasteiger charge is 2.20. The Hall–Kier alpha value is -1.15. The largest absolute Gasteiger partial charge is 0.296 e. The predicted molar refractivity (Wildman–Crippen MR) is 70.2 cm³/mol. The number of hydrogen-bond donors (Lipinski definition) is 0. The van der Waals surface area contributed by atoms with Gasteiger partial charge in [-0.15, -0.1) is 0 Å². The van der Waals surface area contributed by atoms with Crippen molar-refractivity contribution in [2.75, 3.05) is 19.6 Å². The molecule has 1 aliphatic heterocycles. The first-order chi connectivity index (χ1) is 8.29. The van der Waals surface area contributed by atoms with E-state index in [2.05, 4.69) is 11.8 Å². The van der Waals surface area contributed by atoms with Gasteiger partial charge in [0, 0.05) is 12.1 Å². The predicted octanol–water partition coefficient (Wildman–Crippen LogP) is 2.99. The molecule has 1 aromatic carbocycles. The van der Waals surface area contributed by atoms with Crippen molar-refractivity contribution in [1.82, 2.24) is 4.90 Å². The Kier molecular flexibility index (Phi) is 4.32. The van der Waals surface area contributed by atoms with Crippen molar-refractivity contribution in [3.8, 4) is 0 Å². The molecule has 1 heterocycles. The Labute approximate surface area is 104 Å². The molecule has 0 N–H and O–H groups in total. The van der Waals surface area contributed by atoms with E-state index in [0.29, 0.717) is 6.54 Å². The van der Waals surface area contributed by atoms with Gasteiger partial charge < -0.3 is 0 Å². The summed E-state index contributed by atoms with van der Waals surface area (Å²) in [5.74, 6) is 1.04. The fourth-order valence-electron chi connectivity index (χ4n) is 2.55. The van der Waals surface area contributed by atoms with Gasteiger partial charge in [0.2, 0.25) is 0 Å². The van der Waals surface area contributed by atoms with Gasteiger partial charge in [0.25, 0.3) is 0 Å². The SMILES string of the molecule is CCC1CCCN(CC(=O)c2ccccc2)C1. The minimum absolute atomic E-state index is 0.252. The van der Waals surface area contributed by atoms with Crippen molar-refractivity contribution < 1.29 is 4.79 Å². The van der Waals surface area contributed by atoms with Gasteiger partial charge >= 0.3 is 0 Å². The van der Waals surface area contributed by atoms with Crippen LogP contribution in [0.3, 0.4) is 0 Å². The zero-order chi connectivity index (χ0) is 12.1. The highest BCUT2D eigenvalue weighted by Crippen LogP contribution is 2.19. The van der Waals surface area contributed by atoms with E-state index in [1.54, 1.807) is 0 Å². The highest BCUT2D eigenvalue weighted by molar-refractivity contribution is 5.97. The first-order valence-corrected chi connectivity index (χ1v) is 6.60. The summed E-state index contributed by atoms with van der Waals surface area (Å²) in [5.41, 5.74) is 0.839. The smallest absolute Gasteiger partial charge is 0.176 e. The summed E-state index contributed by atoms with van der Waals surface area (Å²) in [6, 6.07) is 9.62. The average molecular weight is 231 g/mol. The molecule has 0 amide bonds. The Morgan fingerprint density at radius 3 is 2.82 bits per heavy atom. The zero-order valence-corrected chi connectivity index (χ0v) is 10.6. The first-order valence-electron chi connectivity index (χ1n) is 6.60. The van der Waals surface area contributed by atoms with E-state index in [1.165, 1.54) is 19.3 Å². The van der Waals surface area contributed by atoms with Crippen LogP contribution in [0.25, 0.3) is 0 Å². The quantitative estimate of drug-likeness (QED) is 0.742. The van der Waals surface area contributed by atoms with Crippen LogP contribution in [0.2, 0.25) is 0 Å². The van der Waals surface area contributed by atoms with Crippen molar-refractivity contribution in [3.05, 3.63) is 35.9 Å². The fourth-order valence-corrected chi connectivity index (χ4v) is 2.55. The van der Waals surface area contributed by atoms with E-state index in [1.807, 2.05) is 30.3 Å². The lowest BCUT2D eigenvalue weighted by Crippen LogP contribution is -2.38. The molecule has 0 bridgehead atoms. The van der Waals surface area contributed by atoms with Gasteiger partial charge in [0.15, 0.2) is 5.78 Å². The molecule has 1 unspecified atom stereocenters. The number of nitrogens with zero attached hydrogens (tertiary/aromatic N) is 1. The second kappa shape index (κ2) is 5.97. The van der Waals surface area contributed by atoms with Crippen molar-refractivity contribution in [3.63, 3.8) is 0 Å². The van der Waals surface area contributed by atoms with Crippen LogP contribution in [0.5, 0.6) is 0 Å². The highest BCUT2D eigenvalue weighted by atomic mass is 16.1. The van der Waals surface area contributed by atoms with Crippen molar-refractivity contribution in [2.24, 2.45) is 5.92 Å². The third-order valence-electron chi connectivity index (χ3n) is 3.64. The number of carbonyl (C=O) groups excluding carboxylic acids is 1. The van der Waals surface area contributed by atoms with Crippen LogP contribution in [0.1, 0.15) is 36.5 Å². The summed E-state index contributed by atoms with van der Waals surface area (Å²) in [6.45, 7) is 5.00. The average Bonchev–Trinajstić information content (AvgIpc) is 2.40. The maximum Gasteiger partial charge on any atom is 0.176 e. The Balaban J connectivity index is 1.90. The molecule has 0 spiro atoms. The van der Waals surface area contributed by atoms with Gasteiger partial charge in [-0.05, 0) is 25.3 Å². The van der Waals surface area contributed by atoms with Gasteiger partial charge in [-0.2, -0.15) is 0 Å². The molecule has 1 saturated heterocycles. The van der Waals surface area contributed by atoms with Crippen LogP contribution in [-0.4, -0.2) is 30.3 Å². The fraction of sp³-hybridized carbons (Fsp3) is 0.533. The minimum Gasteiger partial charge on any atom is -0.296 e. The maximum atomic E-state index is 12.1. The van der Waals surface area contributed by atoms with Crippen molar-refractivity contribution >= 4 is 5.78 Å². The van der Waals surface area contributed by atoms with E-state index in [4.69, 9.17) is 0 Å². The van der Waals surface area contributed by atoms with E-state index in [9.17, 15) is 4.79 Å². The van der Waals surface area contributed by atoms with E-state index < -0.39 is 0 Å². The van der Waals surface area contributed by atoms with E-state index >= 15 is 0 Å². The number of benzene rings is 1. The Morgan fingerprint density at radius 2 is 2.12 bits per heavy atom. The number of piperidine rings is 1.